The van der Waals surface area contributed by atoms with E-state index in [2.05, 4.69) is 19.6 Å². The van der Waals surface area contributed by atoms with Gasteiger partial charge in [0.05, 0.1) is 5.25 Å². The van der Waals surface area contributed by atoms with Crippen molar-refractivity contribution in [3.8, 4) is 0 Å². The van der Waals surface area contributed by atoms with Gasteiger partial charge in [0.1, 0.15) is 0 Å². The molecule has 0 saturated carbocycles. The van der Waals surface area contributed by atoms with Gasteiger partial charge in [-0.05, 0) is 6.42 Å². The van der Waals surface area contributed by atoms with Crippen molar-refractivity contribution in [1.29, 1.82) is 0 Å². The second kappa shape index (κ2) is 10.2. The van der Waals surface area contributed by atoms with Crippen LogP contribution in [-0.2, 0) is 14.2 Å². The third-order valence-electron chi connectivity index (χ3n) is 3.09. The van der Waals surface area contributed by atoms with Crippen LogP contribution in [0.3, 0.4) is 0 Å². The summed E-state index contributed by atoms with van der Waals surface area (Å²) in [5.74, 6) is -1.01. The smallest absolute Gasteiger partial charge is 0.294 e. The van der Waals surface area contributed by atoms with E-state index in [1.165, 1.54) is 32.1 Å². The molecule has 1 atom stereocenters. The molecule has 0 radical (unpaired) electrons. The molecule has 0 aromatic heterocycles. The molecular weight excluding hydrogens is 236 g/mol. The molecule has 0 N–H and O–H groups in total. The van der Waals surface area contributed by atoms with Crippen LogP contribution < -0.4 is 0 Å². The number of rotatable bonds is 11. The summed E-state index contributed by atoms with van der Waals surface area (Å²) in [6.45, 7) is 2.23. The summed E-state index contributed by atoms with van der Waals surface area (Å²) >= 11 is 4.52. The lowest BCUT2D eigenvalue weighted by molar-refractivity contribution is -0.351. The van der Waals surface area contributed by atoms with Gasteiger partial charge in [-0.25, -0.2) is 0 Å². The minimum absolute atomic E-state index is 0.0614. The minimum Gasteiger partial charge on any atom is -0.330 e. The van der Waals surface area contributed by atoms with Crippen molar-refractivity contribution in [2.24, 2.45) is 0 Å². The Kier molecular flexibility index (Phi) is 10.3. The lowest BCUT2D eigenvalue weighted by atomic mass is 10.1. The van der Waals surface area contributed by atoms with Gasteiger partial charge in [-0.15, -0.1) is 0 Å². The maximum absolute atomic E-state index is 5.27. The number of thiol groups is 1. The summed E-state index contributed by atoms with van der Waals surface area (Å²) in [5.41, 5.74) is 0. The minimum atomic E-state index is -1.01. The first-order valence-corrected chi connectivity index (χ1v) is 7.02. The molecule has 0 amide bonds. The zero-order chi connectivity index (χ0) is 13.1. The zero-order valence-electron chi connectivity index (χ0n) is 11.7. The molecule has 0 aromatic carbocycles. The first-order valence-electron chi connectivity index (χ1n) is 6.50. The number of unbranched alkanes of at least 4 members (excludes halogenated alkanes) is 5. The van der Waals surface area contributed by atoms with Crippen molar-refractivity contribution in [2.75, 3.05) is 21.3 Å². The number of hydrogen-bond donors (Lipinski definition) is 1. The van der Waals surface area contributed by atoms with E-state index in [-0.39, 0.29) is 5.25 Å². The third-order valence-corrected chi connectivity index (χ3v) is 3.67. The fraction of sp³-hybridized carbons (Fsp3) is 1.00. The van der Waals surface area contributed by atoms with Gasteiger partial charge < -0.3 is 14.2 Å². The van der Waals surface area contributed by atoms with Gasteiger partial charge >= 0.3 is 0 Å². The number of methoxy groups -OCH3 is 3. The van der Waals surface area contributed by atoms with E-state index < -0.39 is 5.97 Å². The van der Waals surface area contributed by atoms with Gasteiger partial charge in [0, 0.05) is 21.3 Å². The summed E-state index contributed by atoms with van der Waals surface area (Å²) in [5, 5.41) is -0.0614. The highest BCUT2D eigenvalue weighted by Gasteiger charge is 2.37. The molecule has 0 heterocycles. The SMILES string of the molecule is CCCCCCCCC(S)C(OC)(OC)OC. The standard InChI is InChI=1S/C13H28O3S/c1-5-6-7-8-9-10-11-12(17)13(14-2,15-3)16-4/h12,17H,5-11H2,1-4H3. The van der Waals surface area contributed by atoms with Crippen LogP contribution in [0.25, 0.3) is 0 Å². The van der Waals surface area contributed by atoms with Crippen LogP contribution in [0.2, 0.25) is 0 Å². The Hall–Kier alpha value is 0.230. The van der Waals surface area contributed by atoms with Crippen molar-refractivity contribution in [2.45, 2.75) is 63.1 Å². The first kappa shape index (κ1) is 17.2. The summed E-state index contributed by atoms with van der Waals surface area (Å²) in [6, 6.07) is 0. The molecule has 0 fully saturated rings. The summed E-state index contributed by atoms with van der Waals surface area (Å²) < 4.78 is 15.8. The van der Waals surface area contributed by atoms with Crippen molar-refractivity contribution < 1.29 is 14.2 Å². The van der Waals surface area contributed by atoms with Crippen molar-refractivity contribution >= 4 is 12.6 Å². The topological polar surface area (TPSA) is 27.7 Å². The van der Waals surface area contributed by atoms with Crippen LogP contribution in [0.15, 0.2) is 0 Å². The lowest BCUT2D eigenvalue weighted by Crippen LogP contribution is -2.45. The Balaban J connectivity index is 3.79. The molecular formula is C13H28O3S. The Morgan fingerprint density at radius 1 is 0.882 bits per heavy atom. The largest absolute Gasteiger partial charge is 0.330 e. The highest BCUT2D eigenvalue weighted by atomic mass is 32.1. The molecule has 104 valence electrons. The zero-order valence-corrected chi connectivity index (χ0v) is 12.6. The van der Waals surface area contributed by atoms with Gasteiger partial charge in [0.25, 0.3) is 5.97 Å². The van der Waals surface area contributed by atoms with Crippen molar-refractivity contribution in [1.82, 2.24) is 0 Å². The van der Waals surface area contributed by atoms with E-state index in [1.54, 1.807) is 21.3 Å². The predicted molar refractivity (Wildman–Crippen MR) is 74.5 cm³/mol. The summed E-state index contributed by atoms with van der Waals surface area (Å²) in [7, 11) is 4.74. The van der Waals surface area contributed by atoms with Gasteiger partial charge in [0.15, 0.2) is 0 Å². The lowest BCUT2D eigenvalue weighted by Gasteiger charge is -2.33. The molecule has 4 heteroatoms. The molecule has 1 unspecified atom stereocenters. The molecule has 0 saturated heterocycles. The summed E-state index contributed by atoms with van der Waals surface area (Å²) in [4.78, 5) is 0. The quantitative estimate of drug-likeness (QED) is 0.351. The number of hydrogen-bond acceptors (Lipinski definition) is 4. The fourth-order valence-electron chi connectivity index (χ4n) is 1.95. The van der Waals surface area contributed by atoms with E-state index in [4.69, 9.17) is 14.2 Å². The normalized spacial score (nSPS) is 13.9. The van der Waals surface area contributed by atoms with Crippen LogP contribution in [0.4, 0.5) is 0 Å². The monoisotopic (exact) mass is 264 g/mol. The molecule has 0 bridgehead atoms. The number of ether oxygens (including phenoxy) is 3. The maximum atomic E-state index is 5.27. The van der Waals surface area contributed by atoms with Gasteiger partial charge in [0.2, 0.25) is 0 Å². The van der Waals surface area contributed by atoms with E-state index in [9.17, 15) is 0 Å². The average molecular weight is 264 g/mol. The second-order valence-corrected chi connectivity index (χ2v) is 4.91. The maximum Gasteiger partial charge on any atom is 0.294 e. The fourth-order valence-corrected chi connectivity index (χ4v) is 2.45. The highest BCUT2D eigenvalue weighted by molar-refractivity contribution is 7.81. The summed E-state index contributed by atoms with van der Waals surface area (Å²) in [6.07, 6.45) is 8.56. The van der Waals surface area contributed by atoms with E-state index >= 15 is 0 Å². The molecule has 3 nitrogen and oxygen atoms in total. The first-order chi connectivity index (χ1) is 8.16. The van der Waals surface area contributed by atoms with E-state index in [0.717, 1.165) is 12.8 Å². The van der Waals surface area contributed by atoms with Crippen LogP contribution >= 0.6 is 12.6 Å². The molecule has 17 heavy (non-hydrogen) atoms. The van der Waals surface area contributed by atoms with Gasteiger partial charge in [-0.2, -0.15) is 12.6 Å². The second-order valence-electron chi connectivity index (χ2n) is 4.29. The predicted octanol–water partition coefficient (Wildman–Crippen LogP) is 3.63. The van der Waals surface area contributed by atoms with Crippen LogP contribution in [0.1, 0.15) is 51.9 Å². The molecule has 0 rings (SSSR count). The third kappa shape index (κ3) is 6.09. The van der Waals surface area contributed by atoms with Crippen LogP contribution in [-0.4, -0.2) is 32.6 Å². The van der Waals surface area contributed by atoms with Crippen LogP contribution in [0.5, 0.6) is 0 Å². The van der Waals surface area contributed by atoms with Gasteiger partial charge in [-0.3, -0.25) is 0 Å². The Morgan fingerprint density at radius 2 is 1.35 bits per heavy atom. The highest BCUT2D eigenvalue weighted by Crippen LogP contribution is 2.26. The van der Waals surface area contributed by atoms with E-state index in [1.807, 2.05) is 0 Å². The van der Waals surface area contributed by atoms with Crippen molar-refractivity contribution in [3.05, 3.63) is 0 Å². The molecule has 0 aliphatic heterocycles. The Morgan fingerprint density at radius 3 is 1.82 bits per heavy atom. The Bertz CT molecular complexity index is 164. The molecule has 0 aliphatic carbocycles. The molecule has 0 aromatic rings. The van der Waals surface area contributed by atoms with Crippen LogP contribution in [0, 0.1) is 0 Å². The Labute approximate surface area is 112 Å². The van der Waals surface area contributed by atoms with E-state index in [0.29, 0.717) is 0 Å². The van der Waals surface area contributed by atoms with Gasteiger partial charge in [-0.1, -0.05) is 45.4 Å². The molecule has 0 spiro atoms. The van der Waals surface area contributed by atoms with Crippen molar-refractivity contribution in [3.63, 3.8) is 0 Å². The molecule has 0 aliphatic rings. The average Bonchev–Trinajstić information content (AvgIpc) is 2.36.